The van der Waals surface area contributed by atoms with Gasteiger partial charge in [0.25, 0.3) is 0 Å². The maximum absolute atomic E-state index is 9.53. The van der Waals surface area contributed by atoms with Gasteiger partial charge in [-0.2, -0.15) is 0 Å². The lowest BCUT2D eigenvalue weighted by Gasteiger charge is -2.39. The molecule has 2 N–H and O–H groups in total. The topological polar surface area (TPSA) is 77.4 Å². The molecule has 6 atom stereocenters. The average molecular weight is 262 g/mol. The highest BCUT2D eigenvalue weighted by Crippen LogP contribution is 2.27. The SMILES string of the molecule is OC1[C@@H](OS)[C@@H](OS)O[C@H](OP)[C@H]1O. The number of hydrogen-bond acceptors (Lipinski definition) is 8. The van der Waals surface area contributed by atoms with Crippen LogP contribution in [0.2, 0.25) is 0 Å². The summed E-state index contributed by atoms with van der Waals surface area (Å²) in [5, 5.41) is 19.0. The first-order valence-electron chi connectivity index (χ1n) is 3.63. The van der Waals surface area contributed by atoms with Crippen molar-refractivity contribution in [3.05, 3.63) is 0 Å². The summed E-state index contributed by atoms with van der Waals surface area (Å²) < 4.78 is 18.9. The Labute approximate surface area is 94.4 Å². The monoisotopic (exact) mass is 262 g/mol. The molecule has 1 aliphatic rings. The van der Waals surface area contributed by atoms with Gasteiger partial charge in [-0.25, -0.2) is 0 Å². The number of rotatable bonds is 3. The Morgan fingerprint density at radius 3 is 2.14 bits per heavy atom. The molecule has 0 amide bonds. The van der Waals surface area contributed by atoms with E-state index in [9.17, 15) is 10.2 Å². The molecule has 2 unspecified atom stereocenters. The van der Waals surface area contributed by atoms with Gasteiger partial charge < -0.3 is 23.7 Å². The number of thiol groups is 2. The minimum absolute atomic E-state index is 0.942. The summed E-state index contributed by atoms with van der Waals surface area (Å²) in [6.07, 6.45) is -5.41. The molecule has 14 heavy (non-hydrogen) atoms. The van der Waals surface area contributed by atoms with E-state index in [1.54, 1.807) is 0 Å². The summed E-state index contributed by atoms with van der Waals surface area (Å²) in [6.45, 7) is 0. The highest BCUT2D eigenvalue weighted by Gasteiger charge is 2.46. The van der Waals surface area contributed by atoms with Crippen LogP contribution in [-0.4, -0.2) is 41.1 Å². The fourth-order valence-corrected chi connectivity index (χ4v) is 1.73. The standard InChI is InChI=1S/C5H11O6PS2/c6-1-2(7)4(9-12)8-5(11-14)3(1)10-13/h1-7,13-14H,12H2/t1?,2-,3+,4+,5+/m0/s1. The van der Waals surface area contributed by atoms with E-state index in [4.69, 9.17) is 4.74 Å². The molecule has 1 rings (SSSR count). The molecule has 6 nitrogen and oxygen atoms in total. The van der Waals surface area contributed by atoms with Crippen molar-refractivity contribution in [3.63, 3.8) is 0 Å². The van der Waals surface area contributed by atoms with Gasteiger partial charge in [-0.05, 0) is 25.8 Å². The molecule has 0 aliphatic carbocycles. The summed E-state index contributed by atoms with van der Waals surface area (Å²) in [5.41, 5.74) is 0. The quantitative estimate of drug-likeness (QED) is 0.306. The zero-order valence-corrected chi connectivity index (χ0v) is 9.83. The van der Waals surface area contributed by atoms with E-state index in [0.29, 0.717) is 0 Å². The Balaban J connectivity index is 2.71. The largest absolute Gasteiger partial charge is 0.387 e. The third-order valence-corrected chi connectivity index (χ3v) is 2.58. The summed E-state index contributed by atoms with van der Waals surface area (Å²) in [4.78, 5) is 0. The number of ether oxygens (including phenoxy) is 1. The van der Waals surface area contributed by atoms with Crippen LogP contribution in [0.4, 0.5) is 0 Å². The molecule has 0 saturated carbocycles. The smallest absolute Gasteiger partial charge is 0.203 e. The van der Waals surface area contributed by atoms with Crippen molar-refractivity contribution in [2.75, 3.05) is 0 Å². The molecule has 1 heterocycles. The van der Waals surface area contributed by atoms with E-state index in [2.05, 4.69) is 38.7 Å². The number of aliphatic hydroxyl groups is 2. The second-order valence-electron chi connectivity index (χ2n) is 2.67. The molecule has 0 aromatic heterocycles. The average Bonchev–Trinajstić information content (AvgIpc) is 2.21. The lowest BCUT2D eigenvalue weighted by molar-refractivity contribution is -0.301. The molecule has 9 heteroatoms. The van der Waals surface area contributed by atoms with Crippen molar-refractivity contribution in [1.29, 1.82) is 0 Å². The van der Waals surface area contributed by atoms with Crippen molar-refractivity contribution in [2.24, 2.45) is 0 Å². The Morgan fingerprint density at radius 2 is 1.71 bits per heavy atom. The van der Waals surface area contributed by atoms with Gasteiger partial charge in [0, 0.05) is 9.47 Å². The molecule has 84 valence electrons. The van der Waals surface area contributed by atoms with E-state index >= 15 is 0 Å². The summed E-state index contributed by atoms with van der Waals surface area (Å²) in [5.74, 6) is 0. The molecule has 0 spiro atoms. The van der Waals surface area contributed by atoms with Gasteiger partial charge in [-0.1, -0.05) is 0 Å². The van der Waals surface area contributed by atoms with Crippen LogP contribution in [0.25, 0.3) is 0 Å². The third kappa shape index (κ3) is 2.52. The molecule has 0 aromatic rings. The van der Waals surface area contributed by atoms with Crippen LogP contribution < -0.4 is 0 Å². The minimum Gasteiger partial charge on any atom is -0.387 e. The lowest BCUT2D eigenvalue weighted by atomic mass is 10.0. The highest BCUT2D eigenvalue weighted by molar-refractivity contribution is 7.75. The summed E-state index contributed by atoms with van der Waals surface area (Å²) in [6, 6.07) is 0. The normalized spacial score (nSPS) is 43.9. The van der Waals surface area contributed by atoms with Gasteiger partial charge in [0.15, 0.2) is 12.4 Å². The second-order valence-corrected chi connectivity index (χ2v) is 3.36. The van der Waals surface area contributed by atoms with Gasteiger partial charge in [-0.3, -0.25) is 4.18 Å². The first-order chi connectivity index (χ1) is 6.65. The lowest BCUT2D eigenvalue weighted by Crippen LogP contribution is -2.58. The summed E-state index contributed by atoms with van der Waals surface area (Å²) >= 11 is 7.06. The van der Waals surface area contributed by atoms with Crippen molar-refractivity contribution in [1.82, 2.24) is 0 Å². The molecule has 0 aromatic carbocycles. The third-order valence-electron chi connectivity index (χ3n) is 1.86. The molecule has 1 fully saturated rings. The van der Waals surface area contributed by atoms with Crippen LogP contribution in [-0.2, 0) is 17.6 Å². The molecular formula is C5H11O6PS2. The van der Waals surface area contributed by atoms with E-state index in [-0.39, 0.29) is 0 Å². The molecular weight excluding hydrogens is 251 g/mol. The van der Waals surface area contributed by atoms with Crippen molar-refractivity contribution in [2.45, 2.75) is 30.9 Å². The van der Waals surface area contributed by atoms with E-state index in [0.717, 1.165) is 0 Å². The zero-order valence-electron chi connectivity index (χ0n) is 6.89. The van der Waals surface area contributed by atoms with Gasteiger partial charge >= 0.3 is 0 Å². The van der Waals surface area contributed by atoms with Crippen molar-refractivity contribution < 1.29 is 27.8 Å². The Hall–Kier alpha value is 0.890. The molecule has 0 bridgehead atoms. The summed E-state index contributed by atoms with van der Waals surface area (Å²) in [7, 11) is 1.91. The molecule has 0 radical (unpaired) electrons. The van der Waals surface area contributed by atoms with Crippen LogP contribution in [0.15, 0.2) is 0 Å². The molecule has 1 saturated heterocycles. The van der Waals surface area contributed by atoms with Crippen LogP contribution in [0, 0.1) is 0 Å². The minimum atomic E-state index is -1.25. The van der Waals surface area contributed by atoms with E-state index in [1.165, 1.54) is 0 Å². The predicted molar refractivity (Wildman–Crippen MR) is 55.4 cm³/mol. The highest BCUT2D eigenvalue weighted by atomic mass is 32.1. The second kappa shape index (κ2) is 5.83. The van der Waals surface area contributed by atoms with Gasteiger partial charge in [0.05, 0.1) is 0 Å². The van der Waals surface area contributed by atoms with Crippen LogP contribution in [0.5, 0.6) is 0 Å². The Morgan fingerprint density at radius 1 is 1.07 bits per heavy atom. The van der Waals surface area contributed by atoms with Crippen LogP contribution in [0.3, 0.4) is 0 Å². The van der Waals surface area contributed by atoms with Gasteiger partial charge in [0.1, 0.15) is 12.2 Å². The Bertz CT molecular complexity index is 184. The fraction of sp³-hybridized carbons (Fsp3) is 1.00. The first kappa shape index (κ1) is 13.0. The van der Waals surface area contributed by atoms with Crippen LogP contribution >= 0.6 is 35.3 Å². The fourth-order valence-electron chi connectivity index (χ4n) is 1.12. The number of aliphatic hydroxyl groups excluding tert-OH is 2. The molecule has 1 aliphatic heterocycles. The van der Waals surface area contributed by atoms with Gasteiger partial charge in [0.2, 0.25) is 6.29 Å². The first-order valence-corrected chi connectivity index (χ1v) is 4.83. The number of hydrogen-bond donors (Lipinski definition) is 4. The van der Waals surface area contributed by atoms with Crippen molar-refractivity contribution >= 4 is 35.3 Å². The predicted octanol–water partition coefficient (Wildman–Crippen LogP) is -0.711. The maximum atomic E-state index is 9.53. The Kier molecular flexibility index (Phi) is 5.40. The van der Waals surface area contributed by atoms with E-state index < -0.39 is 30.9 Å². The van der Waals surface area contributed by atoms with E-state index in [1.807, 2.05) is 9.47 Å². The van der Waals surface area contributed by atoms with Crippen LogP contribution in [0.1, 0.15) is 0 Å². The van der Waals surface area contributed by atoms with Gasteiger partial charge in [-0.15, -0.1) is 0 Å². The van der Waals surface area contributed by atoms with Crippen molar-refractivity contribution in [3.8, 4) is 0 Å². The maximum Gasteiger partial charge on any atom is 0.203 e. The zero-order chi connectivity index (χ0) is 10.7.